The first-order chi connectivity index (χ1) is 10.5. The molecule has 5 nitrogen and oxygen atoms in total. The van der Waals surface area contributed by atoms with Gasteiger partial charge in [-0.25, -0.2) is 0 Å². The number of carbonyl (C=O) groups is 2. The van der Waals surface area contributed by atoms with Crippen molar-refractivity contribution in [3.8, 4) is 11.5 Å². The molecular weight excluding hydrogens is 302 g/mol. The van der Waals surface area contributed by atoms with Gasteiger partial charge in [0.2, 0.25) is 0 Å². The summed E-state index contributed by atoms with van der Waals surface area (Å²) < 4.78 is 10.4. The smallest absolute Gasteiger partial charge is 0.293 e. The Morgan fingerprint density at radius 1 is 1.23 bits per heavy atom. The molecule has 118 valence electrons. The number of methoxy groups -OCH3 is 2. The maximum Gasteiger partial charge on any atom is 0.293 e. The third-order valence-corrected chi connectivity index (χ3v) is 4.44. The lowest BCUT2D eigenvalue weighted by molar-refractivity contribution is -0.124. The van der Waals surface area contributed by atoms with Crippen LogP contribution in [0.15, 0.2) is 23.1 Å². The zero-order valence-electron chi connectivity index (χ0n) is 13.1. The molecule has 0 aliphatic carbocycles. The Balaban J connectivity index is 2.31. The molecule has 1 aromatic carbocycles. The van der Waals surface area contributed by atoms with Crippen molar-refractivity contribution in [2.24, 2.45) is 0 Å². The van der Waals surface area contributed by atoms with Gasteiger partial charge in [-0.2, -0.15) is 0 Å². The Hall–Kier alpha value is -1.95. The number of amides is 2. The molecule has 1 fully saturated rings. The largest absolute Gasteiger partial charge is 0.493 e. The second-order valence-electron chi connectivity index (χ2n) is 4.92. The van der Waals surface area contributed by atoms with Crippen LogP contribution in [0.2, 0.25) is 0 Å². The number of carbonyl (C=O) groups excluding carboxylic acids is 2. The van der Waals surface area contributed by atoms with E-state index in [1.807, 2.05) is 19.9 Å². The summed E-state index contributed by atoms with van der Waals surface area (Å²) in [5, 5.41) is -0.217. The topological polar surface area (TPSA) is 55.8 Å². The molecule has 0 bridgehead atoms. The number of ether oxygens (including phenoxy) is 2. The number of nitrogens with zero attached hydrogens (tertiary/aromatic N) is 1. The van der Waals surface area contributed by atoms with Gasteiger partial charge in [0.25, 0.3) is 11.1 Å². The van der Waals surface area contributed by atoms with Gasteiger partial charge >= 0.3 is 0 Å². The fourth-order valence-corrected chi connectivity index (χ4v) is 3.07. The van der Waals surface area contributed by atoms with Crippen molar-refractivity contribution >= 4 is 29.0 Å². The Morgan fingerprint density at radius 3 is 2.50 bits per heavy atom. The molecular formula is C16H19NO4S. The minimum atomic E-state index is -0.237. The fraction of sp³-hybridized carbons (Fsp3) is 0.375. The van der Waals surface area contributed by atoms with Gasteiger partial charge in [0.1, 0.15) is 0 Å². The highest BCUT2D eigenvalue weighted by Gasteiger charge is 2.37. The number of rotatable bonds is 5. The van der Waals surface area contributed by atoms with E-state index in [9.17, 15) is 9.59 Å². The molecule has 0 spiro atoms. The predicted octanol–water partition coefficient (Wildman–Crippen LogP) is 3.54. The van der Waals surface area contributed by atoms with Crippen LogP contribution in [0.5, 0.6) is 11.5 Å². The first-order valence-electron chi connectivity index (χ1n) is 7.00. The quantitative estimate of drug-likeness (QED) is 0.776. The van der Waals surface area contributed by atoms with E-state index in [0.29, 0.717) is 16.4 Å². The van der Waals surface area contributed by atoms with Crippen molar-refractivity contribution in [2.45, 2.75) is 26.3 Å². The molecule has 1 heterocycles. The molecule has 1 aliphatic rings. The van der Waals surface area contributed by atoms with Gasteiger partial charge in [-0.1, -0.05) is 13.0 Å². The highest BCUT2D eigenvalue weighted by atomic mass is 32.2. The van der Waals surface area contributed by atoms with Gasteiger partial charge in [-0.15, -0.1) is 0 Å². The summed E-state index contributed by atoms with van der Waals surface area (Å²) in [4.78, 5) is 26.1. The van der Waals surface area contributed by atoms with Gasteiger partial charge in [0, 0.05) is 6.04 Å². The van der Waals surface area contributed by atoms with Crippen molar-refractivity contribution < 1.29 is 19.1 Å². The Morgan fingerprint density at radius 2 is 1.91 bits per heavy atom. The lowest BCUT2D eigenvalue weighted by Gasteiger charge is -2.19. The molecule has 1 atom stereocenters. The average molecular weight is 321 g/mol. The lowest BCUT2D eigenvalue weighted by atomic mass is 10.1. The zero-order chi connectivity index (χ0) is 16.3. The summed E-state index contributed by atoms with van der Waals surface area (Å²) in [6.45, 7) is 3.82. The van der Waals surface area contributed by atoms with E-state index in [1.54, 1.807) is 32.4 Å². The summed E-state index contributed by atoms with van der Waals surface area (Å²) >= 11 is 0.970. The summed E-state index contributed by atoms with van der Waals surface area (Å²) in [5.41, 5.74) is 0.785. The maximum absolute atomic E-state index is 12.4. The van der Waals surface area contributed by atoms with Crippen LogP contribution < -0.4 is 9.47 Å². The van der Waals surface area contributed by atoms with Gasteiger partial charge in [-0.3, -0.25) is 14.5 Å². The number of hydrogen-bond acceptors (Lipinski definition) is 5. The highest BCUT2D eigenvalue weighted by molar-refractivity contribution is 8.18. The highest BCUT2D eigenvalue weighted by Crippen LogP contribution is 2.35. The molecule has 2 rings (SSSR count). The second-order valence-corrected chi connectivity index (χ2v) is 5.92. The minimum Gasteiger partial charge on any atom is -0.493 e. The van der Waals surface area contributed by atoms with Crippen LogP contribution in [0.4, 0.5) is 4.79 Å². The van der Waals surface area contributed by atoms with Gasteiger partial charge < -0.3 is 9.47 Å². The molecule has 1 aliphatic heterocycles. The van der Waals surface area contributed by atoms with Crippen molar-refractivity contribution in [3.05, 3.63) is 28.7 Å². The van der Waals surface area contributed by atoms with Crippen molar-refractivity contribution in [1.29, 1.82) is 0 Å². The predicted molar refractivity (Wildman–Crippen MR) is 87.1 cm³/mol. The second kappa shape index (κ2) is 6.87. The Bertz CT molecular complexity index is 627. The van der Waals surface area contributed by atoms with E-state index in [2.05, 4.69) is 0 Å². The Kier molecular flexibility index (Phi) is 5.13. The molecule has 0 aromatic heterocycles. The monoisotopic (exact) mass is 321 g/mol. The fourth-order valence-electron chi connectivity index (χ4n) is 2.14. The van der Waals surface area contributed by atoms with Crippen LogP contribution in [0.1, 0.15) is 25.8 Å². The van der Waals surface area contributed by atoms with E-state index in [0.717, 1.165) is 23.7 Å². The van der Waals surface area contributed by atoms with Gasteiger partial charge in [0.05, 0.1) is 19.1 Å². The molecule has 0 saturated carbocycles. The van der Waals surface area contributed by atoms with Crippen LogP contribution in [-0.4, -0.2) is 36.3 Å². The summed E-state index contributed by atoms with van der Waals surface area (Å²) in [7, 11) is 3.12. The standard InChI is InChI=1S/C16H19NO4S/c1-5-10(2)17-15(18)14(22-16(17)19)9-11-6-7-12(20-3)13(8-11)21-4/h6-10H,5H2,1-4H3/b14-9+/t10-/m0/s1. The van der Waals surface area contributed by atoms with E-state index < -0.39 is 0 Å². The average Bonchev–Trinajstić information content (AvgIpc) is 2.80. The number of thioether (sulfide) groups is 1. The summed E-state index contributed by atoms with van der Waals surface area (Å²) in [6.07, 6.45) is 2.44. The van der Waals surface area contributed by atoms with Gasteiger partial charge in [-0.05, 0) is 48.9 Å². The normalized spacial score (nSPS) is 18.0. The third-order valence-electron chi connectivity index (χ3n) is 3.56. The Labute approximate surface area is 134 Å². The first-order valence-corrected chi connectivity index (χ1v) is 7.82. The van der Waals surface area contributed by atoms with Gasteiger partial charge in [0.15, 0.2) is 11.5 Å². The molecule has 2 amide bonds. The molecule has 1 saturated heterocycles. The van der Waals surface area contributed by atoms with E-state index in [4.69, 9.17) is 9.47 Å². The molecule has 0 unspecified atom stereocenters. The molecule has 22 heavy (non-hydrogen) atoms. The van der Waals surface area contributed by atoms with Crippen molar-refractivity contribution in [2.75, 3.05) is 14.2 Å². The molecule has 0 radical (unpaired) electrons. The SMILES string of the molecule is CC[C@H](C)N1C(=O)S/C(=C/c2ccc(OC)c(OC)c2)C1=O. The van der Waals surface area contributed by atoms with Crippen LogP contribution >= 0.6 is 11.8 Å². The van der Waals surface area contributed by atoms with Crippen LogP contribution in [0, 0.1) is 0 Å². The van der Waals surface area contributed by atoms with Crippen LogP contribution in [0.3, 0.4) is 0 Å². The third kappa shape index (κ3) is 3.11. The van der Waals surface area contributed by atoms with Crippen LogP contribution in [-0.2, 0) is 4.79 Å². The molecule has 1 aromatic rings. The zero-order valence-corrected chi connectivity index (χ0v) is 13.9. The summed E-state index contributed by atoms with van der Waals surface area (Å²) in [5.74, 6) is 0.962. The maximum atomic E-state index is 12.4. The lowest BCUT2D eigenvalue weighted by Crippen LogP contribution is -2.36. The van der Waals surface area contributed by atoms with Crippen LogP contribution in [0.25, 0.3) is 6.08 Å². The van der Waals surface area contributed by atoms with Crippen molar-refractivity contribution in [3.63, 3.8) is 0 Å². The first kappa shape index (κ1) is 16.4. The van der Waals surface area contributed by atoms with Crippen molar-refractivity contribution in [1.82, 2.24) is 4.90 Å². The minimum absolute atomic E-state index is 0.0937. The number of imide groups is 1. The van der Waals surface area contributed by atoms with E-state index in [1.165, 1.54) is 4.90 Å². The number of hydrogen-bond donors (Lipinski definition) is 0. The van der Waals surface area contributed by atoms with E-state index >= 15 is 0 Å². The molecule has 0 N–H and O–H groups in total. The molecule has 6 heteroatoms. The van der Waals surface area contributed by atoms with E-state index in [-0.39, 0.29) is 17.2 Å². The number of benzene rings is 1. The summed E-state index contributed by atoms with van der Waals surface area (Å²) in [6, 6.07) is 5.27.